The second kappa shape index (κ2) is 4.28. The Morgan fingerprint density at radius 3 is 3.00 bits per heavy atom. The Hall–Kier alpha value is -0.800. The Labute approximate surface area is 76.5 Å². The van der Waals surface area contributed by atoms with Gasteiger partial charge in [0.1, 0.15) is 10.8 Å². The van der Waals surface area contributed by atoms with Crippen LogP contribution in [0.2, 0.25) is 5.02 Å². The van der Waals surface area contributed by atoms with Crippen molar-refractivity contribution in [3.8, 4) is 5.75 Å². The molecule has 1 rings (SSSR count). The fourth-order valence-corrected chi connectivity index (χ4v) is 1.08. The van der Waals surface area contributed by atoms with Crippen molar-refractivity contribution in [2.75, 3.05) is 13.7 Å². The lowest BCUT2D eigenvalue weighted by Crippen LogP contribution is -2.04. The molecule has 0 aliphatic heterocycles. The highest BCUT2D eigenvalue weighted by Crippen LogP contribution is 2.23. The van der Waals surface area contributed by atoms with Gasteiger partial charge in [0.2, 0.25) is 0 Å². The van der Waals surface area contributed by atoms with E-state index in [1.807, 2.05) is 0 Å². The van der Waals surface area contributed by atoms with Crippen LogP contribution in [0.1, 0.15) is 5.69 Å². The van der Waals surface area contributed by atoms with Gasteiger partial charge in [0.25, 0.3) is 0 Å². The first-order chi connectivity index (χ1) is 5.77. The summed E-state index contributed by atoms with van der Waals surface area (Å²) in [6.45, 7) is 0.581. The van der Waals surface area contributed by atoms with Crippen LogP contribution in [-0.4, -0.2) is 18.6 Å². The summed E-state index contributed by atoms with van der Waals surface area (Å²) in [4.78, 5) is 4.08. The molecule has 0 amide bonds. The average Bonchev–Trinajstić information content (AvgIpc) is 2.09. The van der Waals surface area contributed by atoms with Gasteiger partial charge in [0.15, 0.2) is 0 Å². The maximum Gasteiger partial charge on any atom is 0.140 e. The largest absolute Gasteiger partial charge is 0.495 e. The molecule has 0 unspecified atom stereocenters. The van der Waals surface area contributed by atoms with Gasteiger partial charge in [-0.3, -0.25) is 4.98 Å². The average molecular weight is 187 g/mol. The first-order valence-electron chi connectivity index (χ1n) is 3.66. The number of nitrogens with zero attached hydrogens (tertiary/aromatic N) is 1. The fourth-order valence-electron chi connectivity index (χ4n) is 0.902. The molecule has 3 nitrogen and oxygen atoms in total. The number of aromatic nitrogens is 1. The molecule has 1 aromatic rings. The van der Waals surface area contributed by atoms with E-state index in [1.165, 1.54) is 0 Å². The number of hydrogen-bond acceptors (Lipinski definition) is 3. The summed E-state index contributed by atoms with van der Waals surface area (Å²) in [5.74, 6) is 0.648. The molecular weight excluding hydrogens is 176 g/mol. The highest BCUT2D eigenvalue weighted by atomic mass is 35.5. The Morgan fingerprint density at radius 2 is 2.42 bits per heavy atom. The van der Waals surface area contributed by atoms with Crippen LogP contribution >= 0.6 is 11.6 Å². The Morgan fingerprint density at radius 1 is 1.67 bits per heavy atom. The molecule has 66 valence electrons. The Bertz CT molecular complexity index is 265. The van der Waals surface area contributed by atoms with Crippen LogP contribution < -0.4 is 10.5 Å². The van der Waals surface area contributed by atoms with Crippen molar-refractivity contribution >= 4 is 11.6 Å². The Kier molecular flexibility index (Phi) is 3.31. The molecule has 1 heterocycles. The second-order valence-corrected chi connectivity index (χ2v) is 2.76. The summed E-state index contributed by atoms with van der Waals surface area (Å²) in [5, 5.41) is 0.526. The number of halogens is 1. The third-order valence-corrected chi connectivity index (χ3v) is 1.78. The standard InChI is InChI=1S/C8H11ClN2O/c1-12-8-4-6(2-3-10)11-5-7(8)9/h4-5H,2-3,10H2,1H3. The van der Waals surface area contributed by atoms with Gasteiger partial charge < -0.3 is 10.5 Å². The van der Waals surface area contributed by atoms with E-state index in [0.717, 1.165) is 12.1 Å². The predicted octanol–water partition coefficient (Wildman–Crippen LogP) is 1.24. The lowest BCUT2D eigenvalue weighted by molar-refractivity contribution is 0.413. The summed E-state index contributed by atoms with van der Waals surface area (Å²) in [6, 6.07) is 1.80. The predicted molar refractivity (Wildman–Crippen MR) is 48.6 cm³/mol. The quantitative estimate of drug-likeness (QED) is 0.773. The van der Waals surface area contributed by atoms with E-state index in [0.29, 0.717) is 17.3 Å². The summed E-state index contributed by atoms with van der Waals surface area (Å²) >= 11 is 5.78. The molecule has 2 N–H and O–H groups in total. The van der Waals surface area contributed by atoms with E-state index in [2.05, 4.69) is 4.98 Å². The van der Waals surface area contributed by atoms with Crippen molar-refractivity contribution in [1.29, 1.82) is 0 Å². The number of nitrogens with two attached hydrogens (primary N) is 1. The van der Waals surface area contributed by atoms with E-state index in [1.54, 1.807) is 19.4 Å². The van der Waals surface area contributed by atoms with Crippen molar-refractivity contribution in [3.63, 3.8) is 0 Å². The molecule has 12 heavy (non-hydrogen) atoms. The van der Waals surface area contributed by atoms with Crippen molar-refractivity contribution in [1.82, 2.24) is 4.98 Å². The summed E-state index contributed by atoms with van der Waals surface area (Å²) in [6.07, 6.45) is 2.32. The van der Waals surface area contributed by atoms with E-state index in [9.17, 15) is 0 Å². The molecule has 0 saturated heterocycles. The first kappa shape index (κ1) is 9.29. The summed E-state index contributed by atoms with van der Waals surface area (Å²) < 4.78 is 5.02. The van der Waals surface area contributed by atoms with Gasteiger partial charge in [0.05, 0.1) is 7.11 Å². The normalized spacial score (nSPS) is 9.92. The van der Waals surface area contributed by atoms with Crippen LogP contribution in [0.15, 0.2) is 12.3 Å². The lowest BCUT2D eigenvalue weighted by Gasteiger charge is -2.04. The van der Waals surface area contributed by atoms with Crippen LogP contribution in [0.3, 0.4) is 0 Å². The van der Waals surface area contributed by atoms with Gasteiger partial charge in [-0.25, -0.2) is 0 Å². The zero-order valence-corrected chi connectivity index (χ0v) is 7.64. The summed E-state index contributed by atoms with van der Waals surface area (Å²) in [5.41, 5.74) is 6.28. The first-order valence-corrected chi connectivity index (χ1v) is 4.04. The van der Waals surface area contributed by atoms with Crippen molar-refractivity contribution in [2.45, 2.75) is 6.42 Å². The molecule has 0 atom stereocenters. The molecular formula is C8H11ClN2O. The number of hydrogen-bond donors (Lipinski definition) is 1. The lowest BCUT2D eigenvalue weighted by atomic mass is 10.2. The third kappa shape index (κ3) is 2.09. The van der Waals surface area contributed by atoms with Crippen LogP contribution in [0.5, 0.6) is 5.75 Å². The molecule has 0 aliphatic carbocycles. The van der Waals surface area contributed by atoms with E-state index >= 15 is 0 Å². The topological polar surface area (TPSA) is 48.1 Å². The number of methoxy groups -OCH3 is 1. The van der Waals surface area contributed by atoms with Gasteiger partial charge in [-0.15, -0.1) is 0 Å². The van der Waals surface area contributed by atoms with Crippen molar-refractivity contribution in [2.24, 2.45) is 5.73 Å². The smallest absolute Gasteiger partial charge is 0.140 e. The van der Waals surface area contributed by atoms with Gasteiger partial charge in [-0.2, -0.15) is 0 Å². The molecule has 1 aromatic heterocycles. The van der Waals surface area contributed by atoms with Gasteiger partial charge in [-0.1, -0.05) is 11.6 Å². The summed E-state index contributed by atoms with van der Waals surface area (Å²) in [7, 11) is 1.58. The molecule has 4 heteroatoms. The molecule has 0 saturated carbocycles. The zero-order chi connectivity index (χ0) is 8.97. The van der Waals surface area contributed by atoms with Gasteiger partial charge >= 0.3 is 0 Å². The molecule has 0 fully saturated rings. The number of pyridine rings is 1. The SMILES string of the molecule is COc1cc(CCN)ncc1Cl. The molecule has 0 radical (unpaired) electrons. The van der Waals surface area contributed by atoms with E-state index in [-0.39, 0.29) is 0 Å². The zero-order valence-electron chi connectivity index (χ0n) is 6.88. The highest BCUT2D eigenvalue weighted by Gasteiger charge is 2.01. The molecule has 0 aliphatic rings. The highest BCUT2D eigenvalue weighted by molar-refractivity contribution is 6.31. The van der Waals surface area contributed by atoms with Crippen LogP contribution in [0.25, 0.3) is 0 Å². The van der Waals surface area contributed by atoms with Crippen molar-refractivity contribution < 1.29 is 4.74 Å². The van der Waals surface area contributed by atoms with Crippen LogP contribution in [0.4, 0.5) is 0 Å². The minimum absolute atomic E-state index is 0.526. The van der Waals surface area contributed by atoms with Crippen LogP contribution in [-0.2, 0) is 6.42 Å². The maximum absolute atomic E-state index is 5.78. The number of rotatable bonds is 3. The fraction of sp³-hybridized carbons (Fsp3) is 0.375. The third-order valence-electron chi connectivity index (χ3n) is 1.50. The maximum atomic E-state index is 5.78. The van der Waals surface area contributed by atoms with E-state index < -0.39 is 0 Å². The molecule has 0 spiro atoms. The molecule has 0 bridgehead atoms. The monoisotopic (exact) mass is 186 g/mol. The van der Waals surface area contributed by atoms with Crippen LogP contribution in [0, 0.1) is 0 Å². The second-order valence-electron chi connectivity index (χ2n) is 2.35. The minimum atomic E-state index is 0.526. The Balaban J connectivity index is 2.89. The molecule has 0 aromatic carbocycles. The van der Waals surface area contributed by atoms with Gasteiger partial charge in [-0.05, 0) is 6.54 Å². The van der Waals surface area contributed by atoms with Crippen molar-refractivity contribution in [3.05, 3.63) is 23.0 Å². The van der Waals surface area contributed by atoms with E-state index in [4.69, 9.17) is 22.1 Å². The minimum Gasteiger partial charge on any atom is -0.495 e. The van der Waals surface area contributed by atoms with Gasteiger partial charge in [0, 0.05) is 24.4 Å². The number of ether oxygens (including phenoxy) is 1.